The number of carbonyl (C=O) groups excluding carboxylic acids is 2. The summed E-state index contributed by atoms with van der Waals surface area (Å²) in [4.78, 5) is 25.4. The first kappa shape index (κ1) is 23.9. The molecule has 9 heteroatoms. The summed E-state index contributed by atoms with van der Waals surface area (Å²) in [5.41, 5.74) is -3.88. The van der Waals surface area contributed by atoms with Crippen molar-refractivity contribution in [1.82, 2.24) is 0 Å². The molecule has 2 aliphatic heterocycles. The predicted molar refractivity (Wildman–Crippen MR) is 117 cm³/mol. The zero-order valence-electron chi connectivity index (χ0n) is 20.2. The molecule has 1 saturated heterocycles. The van der Waals surface area contributed by atoms with E-state index < -0.39 is 64.7 Å². The van der Waals surface area contributed by atoms with E-state index in [2.05, 4.69) is 6.58 Å². The smallest absolute Gasteiger partial charge is 0.336 e. The fourth-order valence-corrected chi connectivity index (χ4v) is 7.37. The van der Waals surface area contributed by atoms with E-state index in [9.17, 15) is 30.0 Å². The van der Waals surface area contributed by atoms with E-state index in [-0.39, 0.29) is 35.0 Å². The summed E-state index contributed by atoms with van der Waals surface area (Å²) < 4.78 is 17.6. The van der Waals surface area contributed by atoms with Crippen LogP contribution >= 0.6 is 0 Å². The molecule has 2 heterocycles. The maximum absolute atomic E-state index is 12.8. The molecule has 5 rings (SSSR count). The highest BCUT2D eigenvalue weighted by atomic mass is 16.7. The maximum atomic E-state index is 12.8. The van der Waals surface area contributed by atoms with Crippen LogP contribution in [-0.2, 0) is 23.8 Å². The second-order valence-corrected chi connectivity index (χ2v) is 11.2. The normalized spacial score (nSPS) is 52.1. The molecule has 0 bridgehead atoms. The minimum absolute atomic E-state index is 0.106. The molecule has 0 aromatic heterocycles. The van der Waals surface area contributed by atoms with E-state index in [0.29, 0.717) is 12.8 Å². The van der Waals surface area contributed by atoms with Gasteiger partial charge in [-0.15, -0.1) is 0 Å². The van der Waals surface area contributed by atoms with Crippen LogP contribution in [0.1, 0.15) is 53.9 Å². The third kappa shape index (κ3) is 2.57. The molecular weight excluding hydrogens is 444 g/mol. The second kappa shape index (κ2) is 6.91. The van der Waals surface area contributed by atoms with Gasteiger partial charge in [0.1, 0.15) is 23.4 Å². The summed E-state index contributed by atoms with van der Waals surface area (Å²) in [6, 6.07) is 0. The Bertz CT molecular complexity index is 1020. The minimum Gasteiger partial charge on any atom is -0.459 e. The fraction of sp³-hybridized carbons (Fsp3) is 0.760. The Morgan fingerprint density at radius 2 is 1.91 bits per heavy atom. The van der Waals surface area contributed by atoms with Gasteiger partial charge in [-0.25, -0.2) is 4.79 Å². The van der Waals surface area contributed by atoms with Crippen LogP contribution in [0.5, 0.6) is 0 Å². The van der Waals surface area contributed by atoms with Gasteiger partial charge < -0.3 is 34.6 Å². The molecule has 0 aromatic carbocycles. The van der Waals surface area contributed by atoms with Crippen molar-refractivity contribution < 1.29 is 44.2 Å². The summed E-state index contributed by atoms with van der Waals surface area (Å²) in [5.74, 6) is -5.80. The second-order valence-electron chi connectivity index (χ2n) is 11.2. The molecule has 3 aliphatic carbocycles. The number of aliphatic hydroxyl groups is 4. The quantitative estimate of drug-likeness (QED) is 0.262. The summed E-state index contributed by atoms with van der Waals surface area (Å²) >= 11 is 0. The van der Waals surface area contributed by atoms with Gasteiger partial charge in [-0.05, 0) is 38.2 Å². The molecule has 5 aliphatic rings. The highest BCUT2D eigenvalue weighted by Gasteiger charge is 2.91. The van der Waals surface area contributed by atoms with Crippen LogP contribution < -0.4 is 0 Å². The number of carbonyl (C=O) groups is 2. The average Bonchev–Trinajstić information content (AvgIpc) is 3.31. The number of rotatable bonds is 3. The van der Waals surface area contributed by atoms with E-state index >= 15 is 0 Å². The Kier molecular flexibility index (Phi) is 4.87. The fourth-order valence-electron chi connectivity index (χ4n) is 7.37. The predicted octanol–water partition coefficient (Wildman–Crippen LogP) is 0.732. The molecule has 0 unspecified atom stereocenters. The van der Waals surface area contributed by atoms with Crippen LogP contribution in [0.25, 0.3) is 0 Å². The zero-order chi connectivity index (χ0) is 25.2. The Hall–Kier alpha value is -1.78. The molecule has 9 nitrogen and oxygen atoms in total. The van der Waals surface area contributed by atoms with Gasteiger partial charge in [0, 0.05) is 29.4 Å². The van der Waals surface area contributed by atoms with E-state index in [4.69, 9.17) is 14.2 Å². The Balaban J connectivity index is 1.71. The molecule has 188 valence electrons. The SMILES string of the molecule is C=C1[C@@H]2[C@@H](C3=C(C)C(=O)O[C@@]3(O)C[C@@H]1O)[C@@](C)(O)[C@H](O)[C@]13C[C@@H](C)[C@@H](OC(=O)[C@@H](C)CC)[C@]21O3. The number of fused-ring (bicyclic) bond motifs is 3. The molecule has 0 radical (unpaired) electrons. The van der Waals surface area contributed by atoms with Gasteiger partial charge >= 0.3 is 11.9 Å². The molecule has 0 aromatic rings. The lowest BCUT2D eigenvalue weighted by atomic mass is 9.55. The number of epoxide rings is 1. The van der Waals surface area contributed by atoms with Crippen molar-refractivity contribution in [1.29, 1.82) is 0 Å². The van der Waals surface area contributed by atoms with Crippen molar-refractivity contribution in [3.63, 3.8) is 0 Å². The van der Waals surface area contributed by atoms with Crippen LogP contribution in [0.3, 0.4) is 0 Å². The van der Waals surface area contributed by atoms with E-state index in [1.54, 1.807) is 6.92 Å². The maximum Gasteiger partial charge on any atom is 0.336 e. The molecule has 4 N–H and O–H groups in total. The van der Waals surface area contributed by atoms with E-state index in [0.717, 1.165) is 0 Å². The lowest BCUT2D eigenvalue weighted by molar-refractivity contribution is -0.197. The third-order valence-electron chi connectivity index (χ3n) is 9.21. The van der Waals surface area contributed by atoms with Crippen LogP contribution in [0.2, 0.25) is 0 Å². The monoisotopic (exact) mass is 478 g/mol. The first-order chi connectivity index (χ1) is 15.7. The van der Waals surface area contributed by atoms with Gasteiger partial charge in [-0.3, -0.25) is 4.79 Å². The minimum atomic E-state index is -2.16. The van der Waals surface area contributed by atoms with Crippen LogP contribution in [0, 0.1) is 23.7 Å². The number of esters is 2. The summed E-state index contributed by atoms with van der Waals surface area (Å²) in [5, 5.41) is 45.7. The summed E-state index contributed by atoms with van der Waals surface area (Å²) in [6.45, 7) is 12.6. The van der Waals surface area contributed by atoms with Crippen molar-refractivity contribution in [3.8, 4) is 0 Å². The van der Waals surface area contributed by atoms with Gasteiger partial charge in [0.25, 0.3) is 0 Å². The van der Waals surface area contributed by atoms with Crippen LogP contribution in [0.15, 0.2) is 23.3 Å². The standard InChI is InChI=1S/C25H34O9/c1-7-10(2)19(27)32-18-11(3)8-23-21(29)22(6,30)17-15-13(5)20(28)33-24(15,31)9-14(26)12(4)16(17)25(18,23)34-23/h10-11,14,16-18,21,26,29-31H,4,7-9H2,1-3,5-6H3/t10-,11+,14-,16+,17+,18+,21-,22+,23+,24-,25+/m0/s1. The van der Waals surface area contributed by atoms with Crippen LogP contribution in [-0.4, -0.2) is 73.3 Å². The topological polar surface area (TPSA) is 146 Å². The number of aliphatic hydroxyl groups excluding tert-OH is 2. The highest BCUT2D eigenvalue weighted by Crippen LogP contribution is 2.76. The van der Waals surface area contributed by atoms with Crippen LogP contribution in [0.4, 0.5) is 0 Å². The zero-order valence-corrected chi connectivity index (χ0v) is 20.2. The summed E-state index contributed by atoms with van der Waals surface area (Å²) in [6.07, 6.45) is -2.93. The summed E-state index contributed by atoms with van der Waals surface area (Å²) in [7, 11) is 0. The van der Waals surface area contributed by atoms with Crippen molar-refractivity contribution >= 4 is 11.9 Å². The third-order valence-corrected chi connectivity index (χ3v) is 9.21. The van der Waals surface area contributed by atoms with Crippen molar-refractivity contribution in [2.24, 2.45) is 23.7 Å². The molecule has 3 saturated carbocycles. The lowest BCUT2D eigenvalue weighted by Crippen LogP contribution is -2.66. The van der Waals surface area contributed by atoms with Gasteiger partial charge in [-0.1, -0.05) is 27.4 Å². The molecule has 4 fully saturated rings. The highest BCUT2D eigenvalue weighted by molar-refractivity contribution is 5.92. The van der Waals surface area contributed by atoms with E-state index in [1.165, 1.54) is 13.8 Å². The number of ether oxygens (including phenoxy) is 3. The lowest BCUT2D eigenvalue weighted by Gasteiger charge is -2.50. The van der Waals surface area contributed by atoms with E-state index in [1.807, 2.05) is 13.8 Å². The first-order valence-corrected chi connectivity index (χ1v) is 12.0. The Morgan fingerprint density at radius 3 is 2.53 bits per heavy atom. The van der Waals surface area contributed by atoms with Crippen molar-refractivity contribution in [3.05, 3.63) is 23.3 Å². The van der Waals surface area contributed by atoms with Gasteiger partial charge in [-0.2, -0.15) is 0 Å². The average molecular weight is 479 g/mol. The van der Waals surface area contributed by atoms with Gasteiger partial charge in [0.05, 0.1) is 17.6 Å². The molecule has 11 atom stereocenters. The molecular formula is C25H34O9. The largest absolute Gasteiger partial charge is 0.459 e. The molecule has 34 heavy (non-hydrogen) atoms. The number of hydrogen-bond donors (Lipinski definition) is 4. The first-order valence-electron chi connectivity index (χ1n) is 12.0. The Morgan fingerprint density at radius 1 is 1.26 bits per heavy atom. The number of hydrogen-bond acceptors (Lipinski definition) is 9. The molecule has 0 spiro atoms. The van der Waals surface area contributed by atoms with Gasteiger partial charge in [0.2, 0.25) is 5.79 Å². The molecule has 0 amide bonds. The van der Waals surface area contributed by atoms with Crippen molar-refractivity contribution in [2.75, 3.05) is 0 Å². The van der Waals surface area contributed by atoms with Crippen molar-refractivity contribution in [2.45, 2.75) is 94.8 Å². The van der Waals surface area contributed by atoms with Gasteiger partial charge in [0.15, 0.2) is 0 Å². The Labute approximate surface area is 198 Å².